The number of aromatic nitrogens is 4. The zero-order chi connectivity index (χ0) is 31.9. The van der Waals surface area contributed by atoms with Crippen LogP contribution in [0, 0.1) is 0 Å². The Kier molecular flexibility index (Phi) is 8.49. The van der Waals surface area contributed by atoms with E-state index in [0.717, 1.165) is 36.7 Å². The van der Waals surface area contributed by atoms with E-state index in [2.05, 4.69) is 19.9 Å². The van der Waals surface area contributed by atoms with E-state index in [9.17, 15) is 14.4 Å². The van der Waals surface area contributed by atoms with Gasteiger partial charge in [0.15, 0.2) is 0 Å². The second kappa shape index (κ2) is 12.4. The molecule has 0 radical (unpaired) electrons. The van der Waals surface area contributed by atoms with Gasteiger partial charge in [-0.25, -0.2) is 9.97 Å². The topological polar surface area (TPSA) is 135 Å². The average Bonchev–Trinajstić information content (AvgIpc) is 3.63. The zero-order valence-electron chi connectivity index (χ0n) is 26.7. The number of nitrogens with one attached hydrogen (secondary N) is 1. The fraction of sp³-hybridized carbons (Fsp3) is 0.562. The standard InChI is InChI=1S/C32H42N8O5/c1-32(2,3)45-28(42)17-38-23-13-27(41)39(16-24(38)19-44-18-23)22-10-11-26(33-15-22)35-31-34-14-20-12-25(30(43)37(4)5)40(29(20)36-31)21-8-6-7-9-21/h10-12,14-15,21,23-24H,6-9,13,16-19H2,1-5H3,(H,33,34,35,36). The van der Waals surface area contributed by atoms with Crippen molar-refractivity contribution < 1.29 is 23.9 Å². The number of morpholine rings is 1. The van der Waals surface area contributed by atoms with Crippen molar-refractivity contribution in [2.24, 2.45) is 0 Å². The SMILES string of the molecule is CN(C)C(=O)c1cc2cnc(Nc3ccc(N4CC5COCC(CC4=O)N5CC(=O)OC(C)(C)C)cn3)nc2n1C1CCCC1. The summed E-state index contributed by atoms with van der Waals surface area (Å²) in [5.41, 5.74) is 1.43. The van der Waals surface area contributed by atoms with Gasteiger partial charge in [-0.15, -0.1) is 0 Å². The van der Waals surface area contributed by atoms with Crippen molar-refractivity contribution in [1.82, 2.24) is 29.3 Å². The number of esters is 1. The molecule has 5 heterocycles. The van der Waals surface area contributed by atoms with Crippen LogP contribution >= 0.6 is 0 Å². The first-order chi connectivity index (χ1) is 21.5. The highest BCUT2D eigenvalue weighted by atomic mass is 16.6. The molecule has 240 valence electrons. The summed E-state index contributed by atoms with van der Waals surface area (Å²) in [7, 11) is 3.51. The molecule has 13 heteroatoms. The summed E-state index contributed by atoms with van der Waals surface area (Å²) in [6.07, 6.45) is 7.89. The molecule has 2 bridgehead atoms. The summed E-state index contributed by atoms with van der Waals surface area (Å²) in [6, 6.07) is 5.37. The number of nitrogens with zero attached hydrogens (tertiary/aromatic N) is 7. The number of hydrogen-bond donors (Lipinski definition) is 1. The molecule has 45 heavy (non-hydrogen) atoms. The van der Waals surface area contributed by atoms with Gasteiger partial charge in [0.2, 0.25) is 11.9 Å². The fourth-order valence-corrected chi connectivity index (χ4v) is 6.55. The lowest BCUT2D eigenvalue weighted by molar-refractivity contribution is -0.160. The number of fused-ring (bicyclic) bond motifs is 3. The highest BCUT2D eigenvalue weighted by Gasteiger charge is 2.40. The van der Waals surface area contributed by atoms with Gasteiger partial charge in [-0.05, 0) is 51.8 Å². The Bertz CT molecular complexity index is 1570. The predicted octanol–water partition coefficient (Wildman–Crippen LogP) is 3.53. The van der Waals surface area contributed by atoms with E-state index in [1.807, 2.05) is 37.8 Å². The molecular weight excluding hydrogens is 576 g/mol. The molecule has 2 unspecified atom stereocenters. The normalized spacial score (nSPS) is 21.2. The van der Waals surface area contributed by atoms with Crippen molar-refractivity contribution in [3.63, 3.8) is 0 Å². The summed E-state index contributed by atoms with van der Waals surface area (Å²) in [6.45, 7) is 6.82. The first-order valence-corrected chi connectivity index (χ1v) is 15.7. The van der Waals surface area contributed by atoms with Gasteiger partial charge in [0, 0.05) is 50.7 Å². The van der Waals surface area contributed by atoms with E-state index in [1.165, 1.54) is 0 Å². The lowest BCUT2D eigenvalue weighted by Crippen LogP contribution is -2.55. The summed E-state index contributed by atoms with van der Waals surface area (Å²) in [5, 5.41) is 4.00. The first-order valence-electron chi connectivity index (χ1n) is 15.7. The second-order valence-corrected chi connectivity index (χ2v) is 13.3. The number of ether oxygens (including phenoxy) is 2. The molecule has 3 aromatic heterocycles. The van der Waals surface area contributed by atoms with Crippen molar-refractivity contribution in [3.8, 4) is 0 Å². The van der Waals surface area contributed by atoms with Crippen LogP contribution in [-0.2, 0) is 19.1 Å². The molecule has 1 N–H and O–H groups in total. The van der Waals surface area contributed by atoms with Crippen molar-refractivity contribution >= 4 is 46.3 Å². The van der Waals surface area contributed by atoms with Crippen LogP contribution in [0.5, 0.6) is 0 Å². The molecule has 3 aromatic rings. The Labute approximate surface area is 262 Å². The van der Waals surface area contributed by atoms with Crippen LogP contribution < -0.4 is 10.2 Å². The van der Waals surface area contributed by atoms with E-state index in [4.69, 9.17) is 14.5 Å². The van der Waals surface area contributed by atoms with E-state index in [1.54, 1.807) is 42.4 Å². The van der Waals surface area contributed by atoms with Crippen LogP contribution in [0.15, 0.2) is 30.6 Å². The van der Waals surface area contributed by atoms with Crippen LogP contribution in [0.1, 0.15) is 69.4 Å². The summed E-state index contributed by atoms with van der Waals surface area (Å²) in [4.78, 5) is 58.3. The maximum atomic E-state index is 13.4. The van der Waals surface area contributed by atoms with Gasteiger partial charge >= 0.3 is 5.97 Å². The molecular formula is C32H42N8O5. The van der Waals surface area contributed by atoms with Gasteiger partial charge in [-0.2, -0.15) is 4.98 Å². The zero-order valence-corrected chi connectivity index (χ0v) is 26.7. The van der Waals surface area contributed by atoms with Crippen LogP contribution in [-0.4, -0.2) is 105 Å². The van der Waals surface area contributed by atoms with Gasteiger partial charge in [0.05, 0.1) is 37.7 Å². The minimum Gasteiger partial charge on any atom is -0.459 e. The van der Waals surface area contributed by atoms with Crippen LogP contribution in [0.4, 0.5) is 17.5 Å². The number of carbonyl (C=O) groups excluding carboxylic acids is 3. The molecule has 2 atom stereocenters. The van der Waals surface area contributed by atoms with Crippen LogP contribution in [0.3, 0.4) is 0 Å². The quantitative estimate of drug-likeness (QED) is 0.392. The van der Waals surface area contributed by atoms with Gasteiger partial charge in [0.1, 0.15) is 22.8 Å². The molecule has 1 aliphatic carbocycles. The molecule has 2 saturated heterocycles. The predicted molar refractivity (Wildman–Crippen MR) is 168 cm³/mol. The lowest BCUT2D eigenvalue weighted by atomic mass is 10.1. The lowest BCUT2D eigenvalue weighted by Gasteiger charge is -2.39. The highest BCUT2D eigenvalue weighted by Crippen LogP contribution is 2.35. The Balaban J connectivity index is 1.19. The van der Waals surface area contributed by atoms with Gasteiger partial charge in [-0.3, -0.25) is 19.3 Å². The van der Waals surface area contributed by atoms with Crippen molar-refractivity contribution in [1.29, 1.82) is 0 Å². The minimum absolute atomic E-state index is 0.0470. The number of hydrogen-bond acceptors (Lipinski definition) is 10. The first kappa shape index (κ1) is 30.9. The van der Waals surface area contributed by atoms with Gasteiger partial charge in [0.25, 0.3) is 5.91 Å². The Morgan fingerprint density at radius 3 is 2.51 bits per heavy atom. The van der Waals surface area contributed by atoms with E-state index in [0.29, 0.717) is 42.9 Å². The molecule has 0 aromatic carbocycles. The molecule has 6 rings (SSSR count). The van der Waals surface area contributed by atoms with Gasteiger partial charge in [-0.1, -0.05) is 12.8 Å². The largest absolute Gasteiger partial charge is 0.459 e. The Morgan fingerprint density at radius 1 is 1.07 bits per heavy atom. The number of amides is 2. The smallest absolute Gasteiger partial charge is 0.320 e. The number of carbonyl (C=O) groups is 3. The molecule has 1 saturated carbocycles. The molecule has 2 amide bonds. The third-order valence-electron chi connectivity index (χ3n) is 8.59. The van der Waals surface area contributed by atoms with Gasteiger partial charge < -0.3 is 29.2 Å². The average molecular weight is 619 g/mol. The minimum atomic E-state index is -0.580. The Morgan fingerprint density at radius 2 is 1.82 bits per heavy atom. The maximum Gasteiger partial charge on any atom is 0.320 e. The highest BCUT2D eigenvalue weighted by molar-refractivity contribution is 5.98. The maximum absolute atomic E-state index is 13.4. The molecule has 0 spiro atoms. The molecule has 2 aliphatic heterocycles. The summed E-state index contributed by atoms with van der Waals surface area (Å²) >= 11 is 0. The molecule has 13 nitrogen and oxygen atoms in total. The van der Waals surface area contributed by atoms with Crippen LogP contribution in [0.2, 0.25) is 0 Å². The summed E-state index contributed by atoms with van der Waals surface area (Å²) in [5.74, 6) is 0.484. The fourth-order valence-electron chi connectivity index (χ4n) is 6.55. The number of pyridine rings is 1. The third kappa shape index (κ3) is 6.64. The molecule has 3 fully saturated rings. The Hall–Kier alpha value is -4.10. The molecule has 3 aliphatic rings. The monoisotopic (exact) mass is 618 g/mol. The van der Waals surface area contributed by atoms with E-state index in [-0.39, 0.29) is 48.9 Å². The number of rotatable bonds is 7. The van der Waals surface area contributed by atoms with Crippen LogP contribution in [0.25, 0.3) is 11.0 Å². The van der Waals surface area contributed by atoms with Crippen molar-refractivity contribution in [2.75, 3.05) is 50.6 Å². The van der Waals surface area contributed by atoms with Crippen molar-refractivity contribution in [2.45, 2.75) is 76.6 Å². The van der Waals surface area contributed by atoms with Crippen molar-refractivity contribution in [3.05, 3.63) is 36.3 Å². The summed E-state index contributed by atoms with van der Waals surface area (Å²) < 4.78 is 13.4. The van der Waals surface area contributed by atoms with E-state index < -0.39 is 5.60 Å². The number of anilines is 3. The van der Waals surface area contributed by atoms with E-state index >= 15 is 0 Å². The third-order valence-corrected chi connectivity index (χ3v) is 8.59. The second-order valence-electron chi connectivity index (χ2n) is 13.3.